The van der Waals surface area contributed by atoms with Gasteiger partial charge >= 0.3 is 0 Å². The largest absolute Gasteiger partial charge is 0.497 e. The van der Waals surface area contributed by atoms with Gasteiger partial charge in [0.15, 0.2) is 0 Å². The zero-order valence-corrected chi connectivity index (χ0v) is 36.1. The molecule has 5 aromatic carbocycles. The first-order valence-corrected chi connectivity index (χ1v) is 21.9. The van der Waals surface area contributed by atoms with Gasteiger partial charge in [0.1, 0.15) is 23.6 Å². The second-order valence-corrected chi connectivity index (χ2v) is 16.3. The van der Waals surface area contributed by atoms with E-state index in [4.69, 9.17) is 9.47 Å². The van der Waals surface area contributed by atoms with Gasteiger partial charge in [-0.1, -0.05) is 84.9 Å². The molecule has 8 rings (SSSR count). The van der Waals surface area contributed by atoms with E-state index < -0.39 is 12.1 Å². The highest BCUT2D eigenvalue weighted by atomic mass is 16.5. The van der Waals surface area contributed by atoms with Gasteiger partial charge in [-0.15, -0.1) is 0 Å². The normalized spacial score (nSPS) is 16.5. The molecule has 3 aliphatic rings. The summed E-state index contributed by atoms with van der Waals surface area (Å²) in [5.74, 6) is 0.403. The van der Waals surface area contributed by atoms with Crippen molar-refractivity contribution in [2.45, 2.75) is 68.7 Å². The van der Waals surface area contributed by atoms with Crippen molar-refractivity contribution in [3.8, 4) is 11.5 Å². The van der Waals surface area contributed by atoms with E-state index in [1.165, 1.54) is 11.1 Å². The van der Waals surface area contributed by atoms with Crippen LogP contribution in [0.5, 0.6) is 11.5 Å². The number of likely N-dealkylation sites (tertiary alicyclic amines) is 1. The number of benzene rings is 5. The van der Waals surface area contributed by atoms with E-state index in [1.54, 1.807) is 62.8 Å². The van der Waals surface area contributed by atoms with E-state index >= 15 is 0 Å². The molecule has 5 N–H and O–H groups in total. The van der Waals surface area contributed by atoms with Gasteiger partial charge in [0, 0.05) is 42.3 Å². The lowest BCUT2D eigenvalue weighted by Gasteiger charge is -2.36. The van der Waals surface area contributed by atoms with E-state index in [1.807, 2.05) is 60.7 Å². The SMILES string of the molecule is COc1ccc(C(=O)N[C@@H](C(=O)NC2CCN(C3Cc4ccccc4C3)CC2)c2ccccc2)cc1.COc1ccc(C(=O)N[C@@H](C(=O)NC2CCNCC2)c2ccccc2)cc1. The quantitative estimate of drug-likeness (QED) is 0.0977. The predicted molar refractivity (Wildman–Crippen MR) is 244 cm³/mol. The van der Waals surface area contributed by atoms with Crippen LogP contribution in [0.2, 0.25) is 0 Å². The molecule has 4 amide bonds. The summed E-state index contributed by atoms with van der Waals surface area (Å²) in [6.07, 6.45) is 5.82. The first-order chi connectivity index (χ1) is 30.8. The van der Waals surface area contributed by atoms with Crippen molar-refractivity contribution in [1.82, 2.24) is 31.5 Å². The fourth-order valence-corrected chi connectivity index (χ4v) is 8.54. The van der Waals surface area contributed by atoms with Crippen LogP contribution in [-0.2, 0) is 22.4 Å². The van der Waals surface area contributed by atoms with Crippen molar-refractivity contribution in [1.29, 1.82) is 0 Å². The van der Waals surface area contributed by atoms with Crippen molar-refractivity contribution < 1.29 is 28.7 Å². The summed E-state index contributed by atoms with van der Waals surface area (Å²) in [5, 5.41) is 15.4. The molecule has 0 unspecified atom stereocenters. The van der Waals surface area contributed by atoms with Gasteiger partial charge in [-0.05, 0) is 122 Å². The lowest BCUT2D eigenvalue weighted by Crippen LogP contribution is -2.50. The van der Waals surface area contributed by atoms with E-state index in [0.717, 1.165) is 75.8 Å². The van der Waals surface area contributed by atoms with E-state index in [-0.39, 0.29) is 35.7 Å². The topological polar surface area (TPSA) is 150 Å². The molecule has 328 valence electrons. The first-order valence-electron chi connectivity index (χ1n) is 21.9. The summed E-state index contributed by atoms with van der Waals surface area (Å²) in [6, 6.07) is 40.4. The number of rotatable bonds is 13. The highest BCUT2D eigenvalue weighted by Crippen LogP contribution is 2.28. The molecule has 0 aromatic heterocycles. The summed E-state index contributed by atoms with van der Waals surface area (Å²) in [4.78, 5) is 54.5. The van der Waals surface area contributed by atoms with Crippen LogP contribution in [0.15, 0.2) is 133 Å². The number of nitrogens with one attached hydrogen (secondary N) is 5. The number of nitrogens with zero attached hydrogens (tertiary/aromatic N) is 1. The number of fused-ring (bicyclic) bond motifs is 1. The zero-order chi connectivity index (χ0) is 44.0. The number of carbonyl (C=O) groups is 4. The molecule has 1 aliphatic carbocycles. The van der Waals surface area contributed by atoms with Gasteiger partial charge in [0.05, 0.1) is 14.2 Å². The standard InChI is InChI=1S/C30H33N3O3.C21H25N3O3/c1-36-27-13-11-22(12-14-27)29(34)32-28(21-7-3-2-4-8-21)30(35)31-25-15-17-33(18-16-25)26-19-23-9-5-6-10-24(23)20-26;1-27-18-9-7-16(8-10-18)20(25)24-19(15-5-3-2-4-6-15)21(26)23-17-11-13-22-14-12-17/h2-14,25-26,28H,15-20H2,1H3,(H,31,35)(H,32,34);2-10,17,19,22H,11-14H2,1H3,(H,23,26)(H,24,25)/t28-;19-/m11/s1. The number of ether oxygens (including phenoxy) is 2. The maximum Gasteiger partial charge on any atom is 0.252 e. The third kappa shape index (κ3) is 12.1. The monoisotopic (exact) mass is 850 g/mol. The minimum Gasteiger partial charge on any atom is -0.497 e. The number of carbonyl (C=O) groups excluding carboxylic acids is 4. The Balaban J connectivity index is 0.000000197. The van der Waals surface area contributed by atoms with Crippen molar-refractivity contribution in [2.24, 2.45) is 0 Å². The van der Waals surface area contributed by atoms with Crippen LogP contribution in [0.25, 0.3) is 0 Å². The van der Waals surface area contributed by atoms with Crippen LogP contribution in [0.3, 0.4) is 0 Å². The Morgan fingerprint density at radius 2 is 0.937 bits per heavy atom. The molecule has 12 nitrogen and oxygen atoms in total. The van der Waals surface area contributed by atoms with Gasteiger partial charge in [-0.25, -0.2) is 0 Å². The average molecular weight is 851 g/mol. The fraction of sp³-hybridized carbons (Fsp3) is 0.333. The number of piperidine rings is 2. The van der Waals surface area contributed by atoms with Crippen LogP contribution < -0.4 is 36.1 Å². The second kappa shape index (κ2) is 22.0. The summed E-state index contributed by atoms with van der Waals surface area (Å²) >= 11 is 0. The lowest BCUT2D eigenvalue weighted by atomic mass is 10.00. The molecule has 2 saturated heterocycles. The van der Waals surface area contributed by atoms with Crippen LogP contribution in [0, 0.1) is 0 Å². The zero-order valence-electron chi connectivity index (χ0n) is 36.1. The minimum atomic E-state index is -0.761. The highest BCUT2D eigenvalue weighted by Gasteiger charge is 2.32. The molecule has 2 heterocycles. The Bertz CT molecular complexity index is 2230. The number of hydrogen-bond donors (Lipinski definition) is 5. The highest BCUT2D eigenvalue weighted by molar-refractivity contribution is 5.99. The molecular formula is C51H58N6O6. The van der Waals surface area contributed by atoms with Crippen molar-refractivity contribution in [2.75, 3.05) is 40.4 Å². The Morgan fingerprint density at radius 3 is 1.35 bits per heavy atom. The van der Waals surface area contributed by atoms with Gasteiger partial charge < -0.3 is 36.1 Å². The molecule has 2 atom stereocenters. The number of amides is 4. The average Bonchev–Trinajstić information content (AvgIpc) is 3.78. The van der Waals surface area contributed by atoms with Crippen LogP contribution in [-0.4, -0.2) is 87.1 Å². The molecule has 0 saturated carbocycles. The Labute approximate surface area is 370 Å². The number of hydrogen-bond acceptors (Lipinski definition) is 8. The molecule has 0 spiro atoms. The van der Waals surface area contributed by atoms with E-state index in [0.29, 0.717) is 28.7 Å². The second-order valence-electron chi connectivity index (χ2n) is 16.3. The van der Waals surface area contributed by atoms with Crippen molar-refractivity contribution >= 4 is 23.6 Å². The van der Waals surface area contributed by atoms with Crippen LogP contribution in [0.4, 0.5) is 0 Å². The molecule has 63 heavy (non-hydrogen) atoms. The Kier molecular flexibility index (Phi) is 15.6. The first kappa shape index (κ1) is 44.6. The third-order valence-electron chi connectivity index (χ3n) is 12.2. The van der Waals surface area contributed by atoms with E-state index in [2.05, 4.69) is 55.7 Å². The number of methoxy groups -OCH3 is 2. The Morgan fingerprint density at radius 1 is 0.540 bits per heavy atom. The molecule has 2 aliphatic heterocycles. The minimum absolute atomic E-state index is 0.0987. The summed E-state index contributed by atoms with van der Waals surface area (Å²) in [6.45, 7) is 3.72. The van der Waals surface area contributed by atoms with Gasteiger partial charge in [0.2, 0.25) is 11.8 Å². The van der Waals surface area contributed by atoms with E-state index in [9.17, 15) is 19.2 Å². The lowest BCUT2D eigenvalue weighted by molar-refractivity contribution is -0.124. The molecule has 2 fully saturated rings. The fourth-order valence-electron chi connectivity index (χ4n) is 8.54. The molecule has 12 heteroatoms. The molecule has 5 aromatic rings. The van der Waals surface area contributed by atoms with Gasteiger partial charge in [0.25, 0.3) is 11.8 Å². The maximum absolute atomic E-state index is 13.4. The molecule has 0 bridgehead atoms. The smallest absolute Gasteiger partial charge is 0.252 e. The van der Waals surface area contributed by atoms with Crippen LogP contribution in [0.1, 0.15) is 80.7 Å². The molecular weight excluding hydrogens is 793 g/mol. The summed E-state index contributed by atoms with van der Waals surface area (Å²) in [5.41, 5.74) is 5.41. The van der Waals surface area contributed by atoms with Crippen molar-refractivity contribution in [3.63, 3.8) is 0 Å². The van der Waals surface area contributed by atoms with Gasteiger partial charge in [-0.2, -0.15) is 0 Å². The third-order valence-corrected chi connectivity index (χ3v) is 12.2. The van der Waals surface area contributed by atoms with Gasteiger partial charge in [-0.3, -0.25) is 24.1 Å². The Hall–Kier alpha value is -6.50. The maximum atomic E-state index is 13.4. The summed E-state index contributed by atoms with van der Waals surface area (Å²) < 4.78 is 10.3. The van der Waals surface area contributed by atoms with Crippen LogP contribution >= 0.6 is 0 Å². The molecule has 0 radical (unpaired) electrons. The predicted octanol–water partition coefficient (Wildman–Crippen LogP) is 5.95. The van der Waals surface area contributed by atoms with Crippen molar-refractivity contribution in [3.05, 3.63) is 167 Å². The summed E-state index contributed by atoms with van der Waals surface area (Å²) in [7, 11) is 3.16.